The third-order valence-electron chi connectivity index (χ3n) is 4.71. The summed E-state index contributed by atoms with van der Waals surface area (Å²) in [6.07, 6.45) is 3.39. The second-order valence-corrected chi connectivity index (χ2v) is 6.61. The Hall–Kier alpha value is -1.79. The van der Waals surface area contributed by atoms with Crippen molar-refractivity contribution >= 4 is 5.96 Å². The fourth-order valence-corrected chi connectivity index (χ4v) is 3.25. The zero-order chi connectivity index (χ0) is 18.8. The lowest BCUT2D eigenvalue weighted by Gasteiger charge is -2.34. The number of benzene rings is 1. The Kier molecular flexibility index (Phi) is 8.71. The maximum atomic E-state index is 5.93. The van der Waals surface area contributed by atoms with Crippen LogP contribution in [0.15, 0.2) is 23.2 Å². The minimum absolute atomic E-state index is 0.352. The van der Waals surface area contributed by atoms with Gasteiger partial charge in [-0.05, 0) is 43.4 Å². The molecule has 1 aliphatic rings. The normalized spacial score (nSPS) is 16.0. The molecule has 0 amide bonds. The first kappa shape index (κ1) is 20.5. The van der Waals surface area contributed by atoms with Crippen molar-refractivity contribution in [3.05, 3.63) is 29.3 Å². The molecule has 1 aromatic rings. The minimum Gasteiger partial charge on any atom is -0.496 e. The van der Waals surface area contributed by atoms with E-state index < -0.39 is 0 Å². The summed E-state index contributed by atoms with van der Waals surface area (Å²) >= 11 is 0. The number of ether oxygens (including phenoxy) is 3. The van der Waals surface area contributed by atoms with Crippen molar-refractivity contribution in [2.75, 3.05) is 47.6 Å². The van der Waals surface area contributed by atoms with Gasteiger partial charge < -0.3 is 24.4 Å². The Bertz CT molecular complexity index is 569. The predicted molar refractivity (Wildman–Crippen MR) is 105 cm³/mol. The summed E-state index contributed by atoms with van der Waals surface area (Å²) in [7, 11) is 5.27. The van der Waals surface area contributed by atoms with Crippen LogP contribution in [-0.2, 0) is 16.0 Å². The first-order chi connectivity index (χ1) is 12.7. The standard InChI is InChI=1S/C20H33N3O3/c1-16-14-17(6-7-19(16)25-4)15-22-20(21-2)23-10-8-18(9-11-23)26-13-5-12-24-3/h6-7,14,18H,5,8-13,15H2,1-4H3,(H,21,22). The molecule has 6 nitrogen and oxygen atoms in total. The molecule has 1 fully saturated rings. The first-order valence-corrected chi connectivity index (χ1v) is 9.37. The smallest absolute Gasteiger partial charge is 0.193 e. The Morgan fingerprint density at radius 1 is 1.23 bits per heavy atom. The fourth-order valence-electron chi connectivity index (χ4n) is 3.25. The molecule has 1 saturated heterocycles. The van der Waals surface area contributed by atoms with Gasteiger partial charge in [0.25, 0.3) is 0 Å². The van der Waals surface area contributed by atoms with Crippen LogP contribution in [0.2, 0.25) is 0 Å². The maximum Gasteiger partial charge on any atom is 0.193 e. The Morgan fingerprint density at radius 2 is 2.00 bits per heavy atom. The molecule has 26 heavy (non-hydrogen) atoms. The predicted octanol–water partition coefficient (Wildman–Crippen LogP) is 2.60. The molecule has 1 aromatic carbocycles. The van der Waals surface area contributed by atoms with E-state index >= 15 is 0 Å². The van der Waals surface area contributed by atoms with Gasteiger partial charge in [0, 0.05) is 47.0 Å². The number of nitrogens with zero attached hydrogens (tertiary/aromatic N) is 2. The minimum atomic E-state index is 0.352. The van der Waals surface area contributed by atoms with Gasteiger partial charge in [-0.2, -0.15) is 0 Å². The quantitative estimate of drug-likeness (QED) is 0.437. The molecule has 1 heterocycles. The van der Waals surface area contributed by atoms with Gasteiger partial charge >= 0.3 is 0 Å². The fraction of sp³-hybridized carbons (Fsp3) is 0.650. The van der Waals surface area contributed by atoms with E-state index in [1.807, 2.05) is 13.1 Å². The van der Waals surface area contributed by atoms with Crippen LogP contribution >= 0.6 is 0 Å². The van der Waals surface area contributed by atoms with E-state index in [2.05, 4.69) is 34.3 Å². The van der Waals surface area contributed by atoms with Crippen LogP contribution in [0, 0.1) is 6.92 Å². The van der Waals surface area contributed by atoms with E-state index in [0.29, 0.717) is 6.10 Å². The van der Waals surface area contributed by atoms with Crippen molar-refractivity contribution in [3.63, 3.8) is 0 Å². The van der Waals surface area contributed by atoms with E-state index in [0.717, 1.165) is 69.4 Å². The number of hydrogen-bond acceptors (Lipinski definition) is 4. The Labute approximate surface area is 157 Å². The number of hydrogen-bond donors (Lipinski definition) is 1. The average molecular weight is 364 g/mol. The molecular formula is C20H33N3O3. The molecule has 0 bridgehead atoms. The van der Waals surface area contributed by atoms with Gasteiger partial charge in [-0.25, -0.2) is 0 Å². The highest BCUT2D eigenvalue weighted by atomic mass is 16.5. The number of rotatable bonds is 8. The molecule has 2 rings (SSSR count). The Morgan fingerprint density at radius 3 is 2.62 bits per heavy atom. The SMILES string of the molecule is CN=C(NCc1ccc(OC)c(C)c1)N1CCC(OCCCOC)CC1. The number of likely N-dealkylation sites (tertiary alicyclic amines) is 1. The van der Waals surface area contributed by atoms with Crippen LogP contribution in [0.25, 0.3) is 0 Å². The highest BCUT2D eigenvalue weighted by Gasteiger charge is 2.21. The molecule has 1 aliphatic heterocycles. The second kappa shape index (κ2) is 11.0. The summed E-state index contributed by atoms with van der Waals surface area (Å²) in [6.45, 7) is 6.30. The molecule has 146 valence electrons. The highest BCUT2D eigenvalue weighted by molar-refractivity contribution is 5.80. The average Bonchev–Trinajstić information content (AvgIpc) is 2.67. The van der Waals surface area contributed by atoms with Crippen LogP contribution in [0.4, 0.5) is 0 Å². The van der Waals surface area contributed by atoms with E-state index in [1.165, 1.54) is 5.56 Å². The summed E-state index contributed by atoms with van der Waals surface area (Å²) in [5, 5.41) is 3.47. The van der Waals surface area contributed by atoms with Gasteiger partial charge in [0.05, 0.1) is 13.2 Å². The molecule has 6 heteroatoms. The van der Waals surface area contributed by atoms with Gasteiger partial charge in [-0.15, -0.1) is 0 Å². The topological polar surface area (TPSA) is 55.3 Å². The van der Waals surface area contributed by atoms with E-state index in [9.17, 15) is 0 Å². The van der Waals surface area contributed by atoms with Crippen LogP contribution in [0.5, 0.6) is 5.75 Å². The van der Waals surface area contributed by atoms with E-state index in [4.69, 9.17) is 14.2 Å². The molecule has 0 atom stereocenters. The molecule has 0 saturated carbocycles. The monoisotopic (exact) mass is 363 g/mol. The van der Waals surface area contributed by atoms with Gasteiger partial charge in [0.15, 0.2) is 5.96 Å². The zero-order valence-corrected chi connectivity index (χ0v) is 16.6. The van der Waals surface area contributed by atoms with Crippen molar-refractivity contribution in [3.8, 4) is 5.75 Å². The van der Waals surface area contributed by atoms with Gasteiger partial charge in [0.2, 0.25) is 0 Å². The number of guanidine groups is 1. The van der Waals surface area contributed by atoms with Gasteiger partial charge in [0.1, 0.15) is 5.75 Å². The van der Waals surface area contributed by atoms with E-state index in [1.54, 1.807) is 14.2 Å². The lowest BCUT2D eigenvalue weighted by atomic mass is 10.1. The number of piperidine rings is 1. The van der Waals surface area contributed by atoms with Crippen molar-refractivity contribution in [1.29, 1.82) is 0 Å². The van der Waals surface area contributed by atoms with Gasteiger partial charge in [-0.3, -0.25) is 4.99 Å². The molecule has 0 aliphatic carbocycles. The highest BCUT2D eigenvalue weighted by Crippen LogP contribution is 2.19. The lowest BCUT2D eigenvalue weighted by molar-refractivity contribution is 0.00989. The van der Waals surface area contributed by atoms with Crippen molar-refractivity contribution in [2.45, 2.75) is 38.8 Å². The number of aryl methyl sites for hydroxylation is 1. The zero-order valence-electron chi connectivity index (χ0n) is 16.6. The first-order valence-electron chi connectivity index (χ1n) is 9.37. The second-order valence-electron chi connectivity index (χ2n) is 6.61. The van der Waals surface area contributed by atoms with Crippen LogP contribution in [-0.4, -0.2) is 64.5 Å². The summed E-state index contributed by atoms with van der Waals surface area (Å²) in [4.78, 5) is 6.75. The molecule has 0 unspecified atom stereocenters. The van der Waals surface area contributed by atoms with E-state index in [-0.39, 0.29) is 0 Å². The van der Waals surface area contributed by atoms with Crippen molar-refractivity contribution < 1.29 is 14.2 Å². The molecule has 0 spiro atoms. The summed E-state index contributed by atoms with van der Waals surface area (Å²) in [6, 6.07) is 6.26. The molecule has 0 radical (unpaired) electrons. The summed E-state index contributed by atoms with van der Waals surface area (Å²) in [5.41, 5.74) is 2.37. The number of methoxy groups -OCH3 is 2. The van der Waals surface area contributed by atoms with Crippen molar-refractivity contribution in [2.24, 2.45) is 4.99 Å². The molecular weight excluding hydrogens is 330 g/mol. The van der Waals surface area contributed by atoms with Crippen molar-refractivity contribution in [1.82, 2.24) is 10.2 Å². The van der Waals surface area contributed by atoms with Crippen LogP contribution < -0.4 is 10.1 Å². The third kappa shape index (κ3) is 6.18. The Balaban J connectivity index is 1.76. The molecule has 1 N–H and O–H groups in total. The largest absolute Gasteiger partial charge is 0.496 e. The van der Waals surface area contributed by atoms with Crippen LogP contribution in [0.3, 0.4) is 0 Å². The molecule has 0 aromatic heterocycles. The summed E-state index contributed by atoms with van der Waals surface area (Å²) in [5.74, 6) is 1.88. The third-order valence-corrected chi connectivity index (χ3v) is 4.71. The van der Waals surface area contributed by atoms with Gasteiger partial charge in [-0.1, -0.05) is 12.1 Å². The summed E-state index contributed by atoms with van der Waals surface area (Å²) < 4.78 is 16.3. The maximum absolute atomic E-state index is 5.93. The lowest BCUT2D eigenvalue weighted by Crippen LogP contribution is -2.46. The van der Waals surface area contributed by atoms with Crippen LogP contribution in [0.1, 0.15) is 30.4 Å². The number of aliphatic imine (C=N–C) groups is 1. The number of nitrogens with one attached hydrogen (secondary N) is 1.